The van der Waals surface area contributed by atoms with E-state index in [0.29, 0.717) is 27.6 Å². The van der Waals surface area contributed by atoms with Gasteiger partial charge < -0.3 is 20.3 Å². The minimum absolute atomic E-state index is 0.0192. The van der Waals surface area contributed by atoms with Crippen molar-refractivity contribution in [2.45, 2.75) is 63.4 Å². The predicted molar refractivity (Wildman–Crippen MR) is 154 cm³/mol. The number of rotatable bonds is 6. The minimum atomic E-state index is -1.22. The van der Waals surface area contributed by atoms with Crippen LogP contribution in [0.4, 0.5) is 5.69 Å². The van der Waals surface area contributed by atoms with Crippen LogP contribution in [0.5, 0.6) is 0 Å². The highest BCUT2D eigenvalue weighted by Crippen LogP contribution is 2.55. The van der Waals surface area contributed by atoms with Crippen molar-refractivity contribution in [2.24, 2.45) is 23.7 Å². The molecule has 210 valence electrons. The summed E-state index contributed by atoms with van der Waals surface area (Å²) in [5, 5.41) is 7.35. The van der Waals surface area contributed by atoms with Gasteiger partial charge >= 0.3 is 0 Å². The van der Waals surface area contributed by atoms with Gasteiger partial charge in [0.2, 0.25) is 17.7 Å². The van der Waals surface area contributed by atoms with Crippen LogP contribution in [-0.2, 0) is 25.7 Å². The summed E-state index contributed by atoms with van der Waals surface area (Å²) in [6.07, 6.45) is 6.16. The molecule has 0 radical (unpaired) electrons. The van der Waals surface area contributed by atoms with Crippen molar-refractivity contribution in [3.63, 3.8) is 0 Å². The molecule has 2 aromatic rings. The van der Waals surface area contributed by atoms with E-state index in [-0.39, 0.29) is 30.3 Å². The molecule has 0 aromatic heterocycles. The summed E-state index contributed by atoms with van der Waals surface area (Å²) in [5.41, 5.74) is 0.199. The Labute approximate surface area is 244 Å². The van der Waals surface area contributed by atoms with E-state index < -0.39 is 29.6 Å². The first-order valence-electron chi connectivity index (χ1n) is 14.0. The van der Waals surface area contributed by atoms with Crippen molar-refractivity contribution in [3.8, 4) is 0 Å². The average Bonchev–Trinajstić information content (AvgIpc) is 3.57. The molecule has 3 amide bonds. The van der Waals surface area contributed by atoms with Gasteiger partial charge in [-0.05, 0) is 60.2 Å². The predicted octanol–water partition coefficient (Wildman–Crippen LogP) is 5.22. The SMILES string of the molecule is C[C@H]1[C@H](C)CCC[C@@H]1NC(=O)[C@@H]1N(Cc2ccc(Cl)cc2)C(=O)[C@H]2[C@@H](C(=O)Nc3ccc(Cl)cc3)[C@H]3C=C[C@@]12O3. The summed E-state index contributed by atoms with van der Waals surface area (Å²) < 4.78 is 6.47. The van der Waals surface area contributed by atoms with Gasteiger partial charge in [0.05, 0.1) is 17.9 Å². The van der Waals surface area contributed by atoms with Crippen LogP contribution in [0.1, 0.15) is 38.7 Å². The number of carbonyl (C=O) groups is 3. The summed E-state index contributed by atoms with van der Waals surface area (Å²) >= 11 is 12.1. The van der Waals surface area contributed by atoms with Crippen LogP contribution >= 0.6 is 23.2 Å². The monoisotopic (exact) mass is 581 g/mol. The summed E-state index contributed by atoms with van der Waals surface area (Å²) in [6, 6.07) is 13.2. The molecule has 8 atom stereocenters. The van der Waals surface area contributed by atoms with Crippen molar-refractivity contribution in [1.82, 2.24) is 10.2 Å². The molecular formula is C31H33Cl2N3O4. The number of halogens is 2. The molecular weight excluding hydrogens is 549 g/mol. The Morgan fingerprint density at radius 3 is 2.38 bits per heavy atom. The van der Waals surface area contributed by atoms with Crippen LogP contribution in [0, 0.1) is 23.7 Å². The van der Waals surface area contributed by atoms with Crippen LogP contribution in [0.15, 0.2) is 60.7 Å². The van der Waals surface area contributed by atoms with E-state index in [1.807, 2.05) is 24.3 Å². The summed E-state index contributed by atoms with van der Waals surface area (Å²) in [4.78, 5) is 43.5. The molecule has 3 fully saturated rings. The summed E-state index contributed by atoms with van der Waals surface area (Å²) in [5.74, 6) is -1.59. The van der Waals surface area contributed by atoms with Gasteiger partial charge in [-0.15, -0.1) is 0 Å². The quantitative estimate of drug-likeness (QED) is 0.457. The zero-order chi connectivity index (χ0) is 28.2. The van der Waals surface area contributed by atoms with Crippen LogP contribution in [-0.4, -0.2) is 46.4 Å². The van der Waals surface area contributed by atoms with Gasteiger partial charge in [-0.2, -0.15) is 0 Å². The maximum absolute atomic E-state index is 14.2. The molecule has 2 saturated heterocycles. The molecule has 7 nitrogen and oxygen atoms in total. The Bertz CT molecular complexity index is 1350. The fourth-order valence-electron chi connectivity index (χ4n) is 7.03. The first kappa shape index (κ1) is 27.3. The molecule has 1 aliphatic carbocycles. The van der Waals surface area contributed by atoms with Crippen molar-refractivity contribution in [3.05, 3.63) is 76.3 Å². The Morgan fingerprint density at radius 2 is 1.68 bits per heavy atom. The third-order valence-electron chi connectivity index (χ3n) is 9.34. The van der Waals surface area contributed by atoms with Gasteiger partial charge in [-0.3, -0.25) is 14.4 Å². The molecule has 1 spiro atoms. The second kappa shape index (κ2) is 10.5. The van der Waals surface area contributed by atoms with Gasteiger partial charge in [0.15, 0.2) is 0 Å². The molecule has 9 heteroatoms. The second-order valence-corrected chi connectivity index (χ2v) is 12.5. The van der Waals surface area contributed by atoms with E-state index in [1.54, 1.807) is 41.3 Å². The van der Waals surface area contributed by atoms with Gasteiger partial charge in [-0.1, -0.05) is 74.2 Å². The lowest BCUT2D eigenvalue weighted by Gasteiger charge is -2.38. The molecule has 1 saturated carbocycles. The van der Waals surface area contributed by atoms with E-state index in [4.69, 9.17) is 27.9 Å². The lowest BCUT2D eigenvalue weighted by atomic mass is 9.73. The number of carbonyl (C=O) groups excluding carboxylic acids is 3. The molecule has 2 aromatic carbocycles. The van der Waals surface area contributed by atoms with Crippen molar-refractivity contribution >= 4 is 46.6 Å². The van der Waals surface area contributed by atoms with E-state index in [2.05, 4.69) is 24.5 Å². The number of hydrogen-bond donors (Lipinski definition) is 2. The number of benzene rings is 2. The first-order valence-corrected chi connectivity index (χ1v) is 14.7. The Balaban J connectivity index is 1.32. The van der Waals surface area contributed by atoms with Gasteiger partial charge in [0, 0.05) is 28.3 Å². The van der Waals surface area contributed by atoms with Crippen LogP contribution in [0.25, 0.3) is 0 Å². The smallest absolute Gasteiger partial charge is 0.246 e. The van der Waals surface area contributed by atoms with Crippen LogP contribution < -0.4 is 10.6 Å². The standard InChI is InChI=1S/C31H33Cl2N3O4/c1-17-4-3-5-23(18(17)2)35-29(38)27-31-15-14-24(40-31)25(28(37)34-22-12-10-21(33)11-13-22)26(31)30(39)36(27)16-19-6-8-20(32)9-7-19/h6-15,17-18,23-27H,3-5,16H2,1-2H3,(H,34,37)(H,35,38)/t17-,18+,23+,24-,25+,26-,27+,31+/m1/s1. The lowest BCUT2D eigenvalue weighted by Crippen LogP contribution is -2.57. The maximum Gasteiger partial charge on any atom is 0.246 e. The number of nitrogens with zero attached hydrogens (tertiary/aromatic N) is 1. The zero-order valence-electron chi connectivity index (χ0n) is 22.5. The normalized spacial score (nSPS) is 34.1. The third-order valence-corrected chi connectivity index (χ3v) is 9.84. The Kier molecular flexibility index (Phi) is 7.18. The zero-order valence-corrected chi connectivity index (χ0v) is 24.0. The number of ether oxygens (including phenoxy) is 1. The minimum Gasteiger partial charge on any atom is -0.359 e. The van der Waals surface area contributed by atoms with E-state index >= 15 is 0 Å². The van der Waals surface area contributed by atoms with Gasteiger partial charge in [0.1, 0.15) is 11.6 Å². The van der Waals surface area contributed by atoms with Gasteiger partial charge in [0.25, 0.3) is 0 Å². The molecule has 3 aliphatic heterocycles. The molecule has 40 heavy (non-hydrogen) atoms. The molecule has 2 N–H and O–H groups in total. The van der Waals surface area contributed by atoms with Crippen molar-refractivity contribution in [2.75, 3.05) is 5.32 Å². The molecule has 2 bridgehead atoms. The third kappa shape index (κ3) is 4.62. The fraction of sp³-hybridized carbons (Fsp3) is 0.452. The highest BCUT2D eigenvalue weighted by Gasteiger charge is 2.72. The number of fused-ring (bicyclic) bond motifs is 1. The highest BCUT2D eigenvalue weighted by atomic mass is 35.5. The number of nitrogens with one attached hydrogen (secondary N) is 2. The van der Waals surface area contributed by atoms with E-state index in [9.17, 15) is 14.4 Å². The summed E-state index contributed by atoms with van der Waals surface area (Å²) in [6.45, 7) is 4.60. The first-order chi connectivity index (χ1) is 19.2. The molecule has 3 heterocycles. The lowest BCUT2D eigenvalue weighted by molar-refractivity contribution is -0.142. The van der Waals surface area contributed by atoms with Gasteiger partial charge in [-0.25, -0.2) is 0 Å². The number of amides is 3. The van der Waals surface area contributed by atoms with Crippen molar-refractivity contribution < 1.29 is 19.1 Å². The summed E-state index contributed by atoms with van der Waals surface area (Å²) in [7, 11) is 0. The van der Waals surface area contributed by atoms with Crippen LogP contribution in [0.2, 0.25) is 10.0 Å². The average molecular weight is 583 g/mol. The van der Waals surface area contributed by atoms with E-state index in [1.165, 1.54) is 0 Å². The molecule has 4 aliphatic rings. The highest BCUT2D eigenvalue weighted by molar-refractivity contribution is 6.30. The topological polar surface area (TPSA) is 87.7 Å². The molecule has 6 rings (SSSR count). The number of anilines is 1. The van der Waals surface area contributed by atoms with E-state index in [0.717, 1.165) is 24.8 Å². The maximum atomic E-state index is 14.2. The Hall–Kier alpha value is -2.87. The number of hydrogen-bond acceptors (Lipinski definition) is 4. The van der Waals surface area contributed by atoms with Crippen LogP contribution in [0.3, 0.4) is 0 Å². The fourth-order valence-corrected chi connectivity index (χ4v) is 7.28. The largest absolute Gasteiger partial charge is 0.359 e. The second-order valence-electron chi connectivity index (χ2n) is 11.7. The number of likely N-dealkylation sites (tertiary alicyclic amines) is 1. The molecule has 0 unspecified atom stereocenters. The van der Waals surface area contributed by atoms with Crippen molar-refractivity contribution in [1.29, 1.82) is 0 Å². The Morgan fingerprint density at radius 1 is 1.00 bits per heavy atom.